The molecule has 0 spiro atoms. The van der Waals surface area contributed by atoms with Crippen LogP contribution in [0.15, 0.2) is 61.1 Å². The number of aryl methyl sites for hydroxylation is 2. The van der Waals surface area contributed by atoms with Gasteiger partial charge in [0.25, 0.3) is 0 Å². The smallest absolute Gasteiger partial charge is 0.135 e. The van der Waals surface area contributed by atoms with Gasteiger partial charge in [0, 0.05) is 25.0 Å². The van der Waals surface area contributed by atoms with Gasteiger partial charge in [-0.05, 0) is 23.3 Å². The van der Waals surface area contributed by atoms with Crippen LogP contribution in [0.1, 0.15) is 5.56 Å². The lowest BCUT2D eigenvalue weighted by atomic mass is 9.99. The summed E-state index contributed by atoms with van der Waals surface area (Å²) in [5.74, 6) is 1.01. The second-order valence-corrected chi connectivity index (χ2v) is 5.56. The molecular formula is C19H17N3. The van der Waals surface area contributed by atoms with Gasteiger partial charge in [0.1, 0.15) is 5.82 Å². The maximum atomic E-state index is 3.36. The molecule has 22 heavy (non-hydrogen) atoms. The van der Waals surface area contributed by atoms with Crippen molar-refractivity contribution in [3.05, 3.63) is 72.8 Å². The molecule has 3 aromatic rings. The van der Waals surface area contributed by atoms with Gasteiger partial charge in [-0.25, -0.2) is 0 Å². The monoisotopic (exact) mass is 287 g/mol. The minimum absolute atomic E-state index is 1.01. The molecule has 1 aliphatic heterocycles. The summed E-state index contributed by atoms with van der Waals surface area (Å²) in [6.45, 7) is 0. The highest BCUT2D eigenvalue weighted by atomic mass is 15.3. The van der Waals surface area contributed by atoms with Crippen molar-refractivity contribution in [2.24, 2.45) is 14.1 Å². The van der Waals surface area contributed by atoms with Gasteiger partial charge in [-0.1, -0.05) is 42.5 Å². The number of anilines is 2. The number of imidazole rings is 1. The van der Waals surface area contributed by atoms with E-state index in [1.807, 2.05) is 25.0 Å². The number of hydrogen-bond donors (Lipinski definition) is 0. The van der Waals surface area contributed by atoms with E-state index >= 15 is 0 Å². The highest BCUT2D eigenvalue weighted by Crippen LogP contribution is 2.39. The van der Waals surface area contributed by atoms with Gasteiger partial charge in [0.15, 0.2) is 0 Å². The molecule has 0 bridgehead atoms. The average Bonchev–Trinajstić information content (AvgIpc) is 2.78. The highest BCUT2D eigenvalue weighted by Gasteiger charge is 2.18. The number of hydrogen-bond acceptors (Lipinski definition) is 1. The molecular weight excluding hydrogens is 270 g/mol. The van der Waals surface area contributed by atoms with Gasteiger partial charge in [-0.3, -0.25) is 4.90 Å². The third-order valence-electron chi connectivity index (χ3n) is 4.00. The Hall–Kier alpha value is -2.81. The molecule has 0 unspecified atom stereocenters. The van der Waals surface area contributed by atoms with Crippen LogP contribution in [0.3, 0.4) is 0 Å². The summed E-state index contributed by atoms with van der Waals surface area (Å²) in [5.41, 5.74) is 4.90. The number of para-hydroxylation sites is 1. The van der Waals surface area contributed by atoms with Gasteiger partial charge in [-0.2, -0.15) is 0 Å². The molecule has 0 radical (unpaired) electrons. The van der Waals surface area contributed by atoms with E-state index in [4.69, 9.17) is 0 Å². The Bertz CT molecular complexity index is 874. The quantitative estimate of drug-likeness (QED) is 0.493. The predicted octanol–water partition coefficient (Wildman–Crippen LogP) is 3.44. The third kappa shape index (κ3) is 1.94. The summed E-state index contributed by atoms with van der Waals surface area (Å²) < 4.78 is 4.03. The van der Waals surface area contributed by atoms with Crippen LogP contribution in [-0.2, 0) is 14.1 Å². The third-order valence-corrected chi connectivity index (χ3v) is 4.00. The number of benzene rings is 2. The minimum atomic E-state index is 1.01. The molecule has 0 atom stereocenters. The molecule has 0 amide bonds. The number of rotatable bonds is 1. The Morgan fingerprint density at radius 3 is 2.45 bits per heavy atom. The highest BCUT2D eigenvalue weighted by molar-refractivity contribution is 5.90. The fraction of sp³-hybridized carbons (Fsp3) is 0.105. The number of aromatic nitrogens is 2. The first-order chi connectivity index (χ1) is 10.7. The van der Waals surface area contributed by atoms with Crippen LogP contribution in [-0.4, -0.2) is 4.57 Å². The average molecular weight is 287 g/mol. The summed E-state index contributed by atoms with van der Waals surface area (Å²) >= 11 is 0. The predicted molar refractivity (Wildman–Crippen MR) is 88.5 cm³/mol. The van der Waals surface area contributed by atoms with E-state index in [-0.39, 0.29) is 0 Å². The maximum Gasteiger partial charge on any atom is 0.135 e. The maximum absolute atomic E-state index is 3.36. The molecule has 2 aromatic carbocycles. The van der Waals surface area contributed by atoms with Gasteiger partial charge in [-0.15, -0.1) is 0 Å². The lowest BCUT2D eigenvalue weighted by Crippen LogP contribution is -2.24. The SMILES string of the molecule is Cn1c[n+](C)[c-]c1N1C=Cc2ccccc2-c2ccccc21. The summed E-state index contributed by atoms with van der Waals surface area (Å²) in [5, 5.41) is 0. The molecule has 0 saturated heterocycles. The summed E-state index contributed by atoms with van der Waals surface area (Å²) in [7, 11) is 4.03. The van der Waals surface area contributed by atoms with Crippen molar-refractivity contribution in [3.63, 3.8) is 0 Å². The van der Waals surface area contributed by atoms with Gasteiger partial charge >= 0.3 is 0 Å². The van der Waals surface area contributed by atoms with Crippen molar-refractivity contribution in [2.45, 2.75) is 0 Å². The largest absolute Gasteiger partial charge is 0.400 e. The second-order valence-electron chi connectivity index (χ2n) is 5.56. The summed E-state index contributed by atoms with van der Waals surface area (Å²) in [6, 6.07) is 17.0. The molecule has 0 N–H and O–H groups in total. The lowest BCUT2D eigenvalue weighted by Gasteiger charge is -2.22. The Balaban J connectivity index is 1.98. The number of fused-ring (bicyclic) bond motifs is 3. The van der Waals surface area contributed by atoms with Crippen molar-refractivity contribution in [1.82, 2.24) is 4.57 Å². The zero-order chi connectivity index (χ0) is 15.1. The van der Waals surface area contributed by atoms with E-state index < -0.39 is 0 Å². The van der Waals surface area contributed by atoms with Crippen LogP contribution >= 0.6 is 0 Å². The van der Waals surface area contributed by atoms with Crippen LogP contribution in [0.4, 0.5) is 11.5 Å². The van der Waals surface area contributed by atoms with Crippen LogP contribution in [0.25, 0.3) is 17.2 Å². The molecule has 3 nitrogen and oxygen atoms in total. The Morgan fingerprint density at radius 1 is 0.955 bits per heavy atom. The summed E-state index contributed by atoms with van der Waals surface area (Å²) in [6.07, 6.45) is 9.67. The Kier molecular flexibility index (Phi) is 2.86. The summed E-state index contributed by atoms with van der Waals surface area (Å²) in [4.78, 5) is 2.19. The van der Waals surface area contributed by atoms with Crippen molar-refractivity contribution in [3.8, 4) is 11.1 Å². The fourth-order valence-corrected chi connectivity index (χ4v) is 3.02. The second kappa shape index (κ2) is 4.88. The van der Waals surface area contributed by atoms with Crippen LogP contribution in [0, 0.1) is 6.20 Å². The first-order valence-electron chi connectivity index (χ1n) is 7.34. The van der Waals surface area contributed by atoms with Crippen molar-refractivity contribution in [2.75, 3.05) is 4.90 Å². The topological polar surface area (TPSA) is 12.0 Å². The minimum Gasteiger partial charge on any atom is -0.400 e. The van der Waals surface area contributed by atoms with Gasteiger partial charge in [0.2, 0.25) is 0 Å². The van der Waals surface area contributed by atoms with Crippen molar-refractivity contribution in [1.29, 1.82) is 0 Å². The van der Waals surface area contributed by atoms with Crippen LogP contribution in [0.2, 0.25) is 0 Å². The number of nitrogens with zero attached hydrogens (tertiary/aromatic N) is 3. The molecule has 1 aliphatic rings. The van der Waals surface area contributed by atoms with Crippen LogP contribution in [0.5, 0.6) is 0 Å². The molecule has 2 heterocycles. The lowest BCUT2D eigenvalue weighted by molar-refractivity contribution is -0.674. The fourth-order valence-electron chi connectivity index (χ4n) is 3.02. The zero-order valence-corrected chi connectivity index (χ0v) is 12.7. The van der Waals surface area contributed by atoms with E-state index in [0.717, 1.165) is 5.82 Å². The van der Waals surface area contributed by atoms with E-state index in [2.05, 4.69) is 76.5 Å². The molecule has 3 heteroatoms. The van der Waals surface area contributed by atoms with Crippen molar-refractivity contribution < 1.29 is 4.57 Å². The van der Waals surface area contributed by atoms with Gasteiger partial charge < -0.3 is 9.13 Å². The van der Waals surface area contributed by atoms with E-state index in [9.17, 15) is 0 Å². The van der Waals surface area contributed by atoms with E-state index in [0.29, 0.717) is 0 Å². The Morgan fingerprint density at radius 2 is 1.68 bits per heavy atom. The molecule has 0 aliphatic carbocycles. The zero-order valence-electron chi connectivity index (χ0n) is 12.7. The van der Waals surface area contributed by atoms with E-state index in [1.54, 1.807) is 0 Å². The molecule has 0 saturated carbocycles. The molecule has 4 rings (SSSR count). The van der Waals surface area contributed by atoms with Crippen molar-refractivity contribution >= 4 is 17.6 Å². The molecule has 0 fully saturated rings. The van der Waals surface area contributed by atoms with Gasteiger partial charge in [0.05, 0.1) is 19.1 Å². The molecule has 108 valence electrons. The first kappa shape index (κ1) is 12.9. The Labute approximate surface area is 130 Å². The first-order valence-corrected chi connectivity index (χ1v) is 7.34. The van der Waals surface area contributed by atoms with Crippen LogP contribution < -0.4 is 9.47 Å². The van der Waals surface area contributed by atoms with E-state index in [1.165, 1.54) is 22.4 Å². The standard InChI is InChI=1S/C19H17N3/c1-20-13-19(21(2)14-20)22-12-11-15-7-3-4-8-16(15)17-9-5-6-10-18(17)22/h3-12,14H,1-2H3. The molecule has 1 aromatic heterocycles. The normalized spacial score (nSPS) is 12.7.